The van der Waals surface area contributed by atoms with Gasteiger partial charge < -0.3 is 20.1 Å². The number of aliphatic hydroxyl groups is 2. The summed E-state index contributed by atoms with van der Waals surface area (Å²) in [7, 11) is 0. The van der Waals surface area contributed by atoms with Crippen LogP contribution in [0.3, 0.4) is 0 Å². The summed E-state index contributed by atoms with van der Waals surface area (Å²) >= 11 is 0. The van der Waals surface area contributed by atoms with Crippen LogP contribution in [0, 0.1) is 29.6 Å². The third-order valence-electron chi connectivity index (χ3n) is 7.33. The topological polar surface area (TPSA) is 104 Å². The van der Waals surface area contributed by atoms with Crippen molar-refractivity contribution in [1.29, 1.82) is 0 Å². The minimum Gasteiger partial charge on any atom is -0.481 e. The molecule has 0 aromatic carbocycles. The molecule has 0 aliphatic heterocycles. The average molecular weight is 413 g/mol. The van der Waals surface area contributed by atoms with Gasteiger partial charge in [0, 0.05) is 5.92 Å². The van der Waals surface area contributed by atoms with E-state index >= 15 is 0 Å². The molecule has 8 atom stereocenters. The summed E-state index contributed by atoms with van der Waals surface area (Å²) in [5.74, 6) is 0.595. The van der Waals surface area contributed by atoms with Crippen molar-refractivity contribution in [3.05, 3.63) is 0 Å². The number of carbonyl (C=O) groups excluding carboxylic acids is 1. The summed E-state index contributed by atoms with van der Waals surface area (Å²) in [4.78, 5) is 23.2. The second-order valence-corrected chi connectivity index (χ2v) is 9.49. The molecule has 2 aliphatic carbocycles. The van der Waals surface area contributed by atoms with Gasteiger partial charge in [-0.3, -0.25) is 9.59 Å². The van der Waals surface area contributed by atoms with Crippen molar-refractivity contribution in [1.82, 2.24) is 0 Å². The number of rotatable bonds is 10. The molecule has 2 aliphatic rings. The number of carboxylic acid groups (broad SMARTS) is 1. The molecule has 6 nitrogen and oxygen atoms in total. The lowest BCUT2D eigenvalue weighted by atomic mass is 9.59. The Morgan fingerprint density at radius 1 is 1.10 bits per heavy atom. The maximum atomic E-state index is 12.4. The summed E-state index contributed by atoms with van der Waals surface area (Å²) in [5.41, 5.74) is 0. The highest BCUT2D eigenvalue weighted by molar-refractivity contribution is 5.72. The predicted molar refractivity (Wildman–Crippen MR) is 110 cm³/mol. The second-order valence-electron chi connectivity index (χ2n) is 9.49. The second kappa shape index (κ2) is 11.3. The van der Waals surface area contributed by atoms with E-state index in [1.807, 2.05) is 13.8 Å². The van der Waals surface area contributed by atoms with Crippen LogP contribution in [-0.2, 0) is 14.3 Å². The van der Waals surface area contributed by atoms with E-state index in [2.05, 4.69) is 6.92 Å². The Hall–Kier alpha value is -1.14. The van der Waals surface area contributed by atoms with Crippen LogP contribution in [0.2, 0.25) is 0 Å². The van der Waals surface area contributed by atoms with Crippen molar-refractivity contribution in [3.8, 4) is 0 Å². The number of fused-ring (bicyclic) bond motifs is 1. The summed E-state index contributed by atoms with van der Waals surface area (Å²) in [6.07, 6.45) is 5.70. The quantitative estimate of drug-likeness (QED) is 0.472. The van der Waals surface area contributed by atoms with Crippen LogP contribution >= 0.6 is 0 Å². The lowest BCUT2D eigenvalue weighted by Crippen LogP contribution is -2.46. The molecule has 2 rings (SSSR count). The maximum Gasteiger partial charge on any atom is 0.308 e. The zero-order chi connectivity index (χ0) is 21.6. The van der Waals surface area contributed by atoms with Crippen molar-refractivity contribution < 1.29 is 29.6 Å². The summed E-state index contributed by atoms with van der Waals surface area (Å²) < 4.78 is 6.00. The molecule has 0 aromatic heterocycles. The van der Waals surface area contributed by atoms with Gasteiger partial charge in [0.1, 0.15) is 6.10 Å². The van der Waals surface area contributed by atoms with Crippen molar-refractivity contribution in [2.45, 2.75) is 103 Å². The number of hydrogen-bond donors (Lipinski definition) is 3. The first-order valence-corrected chi connectivity index (χ1v) is 11.5. The molecule has 2 fully saturated rings. The lowest BCUT2D eigenvalue weighted by Gasteiger charge is -2.48. The Morgan fingerprint density at radius 2 is 1.83 bits per heavy atom. The molecule has 0 bridgehead atoms. The highest BCUT2D eigenvalue weighted by Crippen LogP contribution is 2.49. The van der Waals surface area contributed by atoms with Gasteiger partial charge in [0.05, 0.1) is 24.5 Å². The highest BCUT2D eigenvalue weighted by atomic mass is 16.5. The molecule has 0 spiro atoms. The molecule has 0 radical (unpaired) electrons. The van der Waals surface area contributed by atoms with Gasteiger partial charge in [-0.1, -0.05) is 27.2 Å². The summed E-state index contributed by atoms with van der Waals surface area (Å²) in [5, 5.41) is 28.9. The first kappa shape index (κ1) is 24.1. The number of ether oxygens (including phenoxy) is 1. The average Bonchev–Trinajstić information content (AvgIpc) is 2.66. The fourth-order valence-electron chi connectivity index (χ4n) is 5.45. The van der Waals surface area contributed by atoms with Crippen molar-refractivity contribution in [2.75, 3.05) is 0 Å². The molecule has 0 aromatic rings. The van der Waals surface area contributed by atoms with Crippen LogP contribution < -0.4 is 0 Å². The first-order chi connectivity index (χ1) is 13.7. The molecule has 0 amide bonds. The standard InChI is InChI=1S/C23H40O6/c1-4-14(2)23(28)29-20-7-5-6-16-9-8-15(3)19(22(16)20)11-10-17(24)12-18(25)13-21(26)27/h14-20,22,24-25H,4-13H2,1-3H3,(H,26,27)/t14-,15-,16+,17+,18+,19-,20-,22-/m0/s1. The van der Waals surface area contributed by atoms with Crippen LogP contribution in [0.5, 0.6) is 0 Å². The van der Waals surface area contributed by atoms with E-state index in [0.717, 1.165) is 32.1 Å². The van der Waals surface area contributed by atoms with Crippen LogP contribution in [0.1, 0.15) is 85.0 Å². The van der Waals surface area contributed by atoms with Gasteiger partial charge in [0.2, 0.25) is 0 Å². The van der Waals surface area contributed by atoms with Crippen molar-refractivity contribution >= 4 is 11.9 Å². The fourth-order valence-corrected chi connectivity index (χ4v) is 5.45. The van der Waals surface area contributed by atoms with Gasteiger partial charge in [-0.05, 0) is 69.1 Å². The third-order valence-corrected chi connectivity index (χ3v) is 7.33. The molecule has 2 saturated carbocycles. The van der Waals surface area contributed by atoms with Gasteiger partial charge in [-0.25, -0.2) is 0 Å². The molecule has 0 heterocycles. The Balaban J connectivity index is 1.99. The zero-order valence-electron chi connectivity index (χ0n) is 18.3. The van der Waals surface area contributed by atoms with E-state index in [9.17, 15) is 19.8 Å². The first-order valence-electron chi connectivity index (χ1n) is 11.5. The lowest BCUT2D eigenvalue weighted by molar-refractivity contribution is -0.165. The van der Waals surface area contributed by atoms with E-state index in [4.69, 9.17) is 9.84 Å². The van der Waals surface area contributed by atoms with Gasteiger partial charge in [0.15, 0.2) is 0 Å². The summed E-state index contributed by atoms with van der Waals surface area (Å²) in [6, 6.07) is 0. The third kappa shape index (κ3) is 6.95. The molecular formula is C23H40O6. The highest BCUT2D eigenvalue weighted by Gasteiger charge is 2.45. The normalized spacial score (nSPS) is 32.7. The number of carboxylic acids is 1. The van der Waals surface area contributed by atoms with Crippen molar-refractivity contribution in [3.63, 3.8) is 0 Å². The Bertz CT molecular complexity index is 535. The number of carbonyl (C=O) groups is 2. The minimum absolute atomic E-state index is 0.0299. The molecule has 168 valence electrons. The van der Waals surface area contributed by atoms with Gasteiger partial charge >= 0.3 is 11.9 Å². The number of esters is 1. The van der Waals surface area contributed by atoms with E-state index in [1.165, 1.54) is 12.8 Å². The van der Waals surface area contributed by atoms with Gasteiger partial charge in [-0.15, -0.1) is 0 Å². The van der Waals surface area contributed by atoms with Crippen LogP contribution in [0.25, 0.3) is 0 Å². The number of aliphatic hydroxyl groups excluding tert-OH is 2. The smallest absolute Gasteiger partial charge is 0.308 e. The molecule has 6 heteroatoms. The molecule has 0 unspecified atom stereocenters. The minimum atomic E-state index is -1.05. The maximum absolute atomic E-state index is 12.4. The SMILES string of the molecule is CC[C@H](C)C(=O)O[C@H]1CCC[C@@H]2CC[C@H](C)[C@H](CC[C@@H](O)C[C@@H](O)CC(=O)O)[C@H]21. The van der Waals surface area contributed by atoms with E-state index in [1.54, 1.807) is 0 Å². The van der Waals surface area contributed by atoms with Gasteiger partial charge in [0.25, 0.3) is 0 Å². The number of aliphatic carboxylic acids is 1. The van der Waals surface area contributed by atoms with Crippen LogP contribution in [0.4, 0.5) is 0 Å². The summed E-state index contributed by atoms with van der Waals surface area (Å²) in [6.45, 7) is 6.18. The largest absolute Gasteiger partial charge is 0.481 e. The van der Waals surface area contributed by atoms with Gasteiger partial charge in [-0.2, -0.15) is 0 Å². The van der Waals surface area contributed by atoms with E-state index in [0.29, 0.717) is 30.1 Å². The molecule has 0 saturated heterocycles. The van der Waals surface area contributed by atoms with Crippen LogP contribution in [-0.4, -0.2) is 45.6 Å². The Morgan fingerprint density at radius 3 is 2.48 bits per heavy atom. The molecule has 29 heavy (non-hydrogen) atoms. The molecule has 3 N–H and O–H groups in total. The van der Waals surface area contributed by atoms with Crippen molar-refractivity contribution in [2.24, 2.45) is 29.6 Å². The van der Waals surface area contributed by atoms with E-state index < -0.39 is 18.2 Å². The molecular weight excluding hydrogens is 372 g/mol. The van der Waals surface area contributed by atoms with Crippen LogP contribution in [0.15, 0.2) is 0 Å². The zero-order valence-corrected chi connectivity index (χ0v) is 18.3. The number of hydrogen-bond acceptors (Lipinski definition) is 5. The predicted octanol–water partition coefficient (Wildman–Crippen LogP) is 3.77. The fraction of sp³-hybridized carbons (Fsp3) is 0.913. The Kier molecular flexibility index (Phi) is 9.41. The monoisotopic (exact) mass is 412 g/mol. The Labute approximate surface area is 175 Å². The van der Waals surface area contributed by atoms with E-state index in [-0.39, 0.29) is 30.8 Å².